The molecule has 4 aromatic rings. The van der Waals surface area contributed by atoms with E-state index >= 15 is 0 Å². The van der Waals surface area contributed by atoms with Crippen molar-refractivity contribution in [3.63, 3.8) is 0 Å². The number of rotatable bonds is 9. The van der Waals surface area contributed by atoms with E-state index in [1.807, 2.05) is 98.4 Å². The van der Waals surface area contributed by atoms with Crippen LogP contribution in [0.4, 0.5) is 0 Å². The number of cyclic esters (lactones) is 1. The maximum Gasteiger partial charge on any atom is 0.325 e. The minimum atomic E-state index is -1.14. The van der Waals surface area contributed by atoms with Crippen molar-refractivity contribution < 1.29 is 28.7 Å². The second-order valence-corrected chi connectivity index (χ2v) is 18.8. The molecule has 3 amide bonds. The van der Waals surface area contributed by atoms with E-state index in [4.69, 9.17) is 14.5 Å². The van der Waals surface area contributed by atoms with Crippen LogP contribution in [0.2, 0.25) is 0 Å². The van der Waals surface area contributed by atoms with E-state index < -0.39 is 47.4 Å². The van der Waals surface area contributed by atoms with Crippen LogP contribution in [-0.2, 0) is 41.7 Å². The van der Waals surface area contributed by atoms with Gasteiger partial charge < -0.3 is 20.1 Å². The lowest BCUT2D eigenvalue weighted by Crippen LogP contribution is -2.62. The van der Waals surface area contributed by atoms with Crippen LogP contribution in [0, 0.1) is 11.3 Å². The molecule has 3 heterocycles. The van der Waals surface area contributed by atoms with Gasteiger partial charge in [-0.05, 0) is 86.9 Å². The van der Waals surface area contributed by atoms with Crippen molar-refractivity contribution in [2.45, 2.75) is 108 Å². The molecule has 312 valence electrons. The smallest absolute Gasteiger partial charge is 0.325 e. The molecule has 0 spiro atoms. The van der Waals surface area contributed by atoms with Gasteiger partial charge in [0.15, 0.2) is 0 Å². The zero-order valence-corrected chi connectivity index (χ0v) is 35.9. The molecule has 0 saturated carbocycles. The molecule has 3 N–H and O–H groups in total. The van der Waals surface area contributed by atoms with Crippen LogP contribution in [0.25, 0.3) is 17.0 Å². The molecule has 1 aromatic heterocycles. The van der Waals surface area contributed by atoms with Gasteiger partial charge in [0.2, 0.25) is 11.8 Å². The predicted octanol–water partition coefficient (Wildman–Crippen LogP) is 7.34. The van der Waals surface area contributed by atoms with Crippen molar-refractivity contribution in [2.75, 3.05) is 13.2 Å². The number of hydrogen-bond donors (Lipinski definition) is 3. The number of thioether (sulfide) groups is 1. The van der Waals surface area contributed by atoms with Gasteiger partial charge in [0.25, 0.3) is 5.91 Å². The first-order valence-electron chi connectivity index (χ1n) is 20.5. The lowest BCUT2D eigenvalue weighted by molar-refractivity contribution is -0.157. The molecule has 11 nitrogen and oxygen atoms in total. The van der Waals surface area contributed by atoms with Crippen LogP contribution < -0.4 is 16.1 Å². The fourth-order valence-corrected chi connectivity index (χ4v) is 8.40. The fourth-order valence-electron chi connectivity index (χ4n) is 7.24. The van der Waals surface area contributed by atoms with Gasteiger partial charge in [0, 0.05) is 21.6 Å². The first kappa shape index (κ1) is 43.5. The molecule has 0 aliphatic carbocycles. The summed E-state index contributed by atoms with van der Waals surface area (Å²) in [6.07, 6.45) is 4.76. The number of fused-ring (bicyclic) bond motifs is 4. The van der Waals surface area contributed by atoms with Gasteiger partial charge in [0.1, 0.15) is 24.2 Å². The number of benzene rings is 3. The Morgan fingerprint density at radius 1 is 0.949 bits per heavy atom. The van der Waals surface area contributed by atoms with E-state index in [2.05, 4.69) is 48.1 Å². The van der Waals surface area contributed by atoms with Gasteiger partial charge in [-0.2, -0.15) is 0 Å². The van der Waals surface area contributed by atoms with Crippen molar-refractivity contribution in [1.29, 1.82) is 0 Å². The molecule has 6 rings (SSSR count). The van der Waals surface area contributed by atoms with Gasteiger partial charge >= 0.3 is 5.97 Å². The van der Waals surface area contributed by atoms with Crippen LogP contribution in [0.15, 0.2) is 95.9 Å². The van der Waals surface area contributed by atoms with E-state index in [1.165, 1.54) is 9.90 Å². The van der Waals surface area contributed by atoms with Gasteiger partial charge in [-0.1, -0.05) is 101 Å². The minimum absolute atomic E-state index is 0.120. The number of ether oxygens (including phenoxy) is 2. The Hall–Kier alpha value is -5.04. The molecule has 2 unspecified atom stereocenters. The average Bonchev–Trinajstić information content (AvgIpc) is 3.21. The summed E-state index contributed by atoms with van der Waals surface area (Å²) in [5, 5.41) is 8.17. The summed E-state index contributed by atoms with van der Waals surface area (Å²) in [7, 11) is 0. The van der Waals surface area contributed by atoms with Crippen LogP contribution in [-0.4, -0.2) is 69.7 Å². The number of pyridine rings is 1. The number of aromatic nitrogens is 1. The molecule has 5 bridgehead atoms. The second-order valence-electron chi connectivity index (χ2n) is 17.0. The number of carbonyl (C=O) groups is 4. The Morgan fingerprint density at radius 3 is 2.41 bits per heavy atom. The van der Waals surface area contributed by atoms with Crippen molar-refractivity contribution >= 4 is 52.4 Å². The van der Waals surface area contributed by atoms with Crippen LogP contribution in [0.1, 0.15) is 89.8 Å². The standard InChI is InChI=1S/C47H57N5O6S/c1-30(2)41-42(53)49-40(29-57-28-35-15-12-11-14-34(35)27-47(6,7)59-36-16-9-8-10-17-36)43(54)52-25-13-18-38(51-52)44(55)58-31(3)37-22-21-33-20-19-32(26-39(33)48-37)23-24-46(4,5)45(56)50-41/h8-12,14-17,19-24,26,30-31,38,40-41,51H,13,18,25,27-29H2,1-7H3,(H,49,53)(H,50,56)/b24-23+/t31-,38+,40?,41?/m1/s1. The topological polar surface area (TPSA) is 139 Å². The highest BCUT2D eigenvalue weighted by Crippen LogP contribution is 2.36. The van der Waals surface area contributed by atoms with E-state index in [0.29, 0.717) is 30.6 Å². The molecule has 1 saturated heterocycles. The Kier molecular flexibility index (Phi) is 14.0. The molecule has 3 aromatic carbocycles. The minimum Gasteiger partial charge on any atom is -0.455 e. The maximum absolute atomic E-state index is 14.4. The van der Waals surface area contributed by atoms with Crippen molar-refractivity contribution in [3.8, 4) is 0 Å². The van der Waals surface area contributed by atoms with Crippen molar-refractivity contribution in [3.05, 3.63) is 113 Å². The number of nitrogens with one attached hydrogen (secondary N) is 3. The number of hydrazine groups is 1. The molecule has 2 aliphatic heterocycles. The van der Waals surface area contributed by atoms with E-state index in [9.17, 15) is 19.2 Å². The highest BCUT2D eigenvalue weighted by molar-refractivity contribution is 8.00. The van der Waals surface area contributed by atoms with Gasteiger partial charge in [-0.15, -0.1) is 11.8 Å². The van der Waals surface area contributed by atoms with E-state index in [0.717, 1.165) is 28.5 Å². The highest BCUT2D eigenvalue weighted by atomic mass is 32.2. The SMILES string of the molecule is CC(C)C1NC(=O)C(C)(C)/C=C/c2ccc3ccc(nc3c2)[C@@H](C)OC(=O)[C@@H]2CCCN(N2)C(=O)C(COCc2ccccc2CC(C)(C)Sc2ccccc2)NC1=O. The Morgan fingerprint density at radius 2 is 1.66 bits per heavy atom. The first-order chi connectivity index (χ1) is 28.1. The first-order valence-corrected chi connectivity index (χ1v) is 21.3. The number of esters is 1. The Balaban J connectivity index is 1.25. The predicted molar refractivity (Wildman–Crippen MR) is 232 cm³/mol. The van der Waals surface area contributed by atoms with E-state index in [1.54, 1.807) is 26.8 Å². The molecular weight excluding hydrogens is 763 g/mol. The third-order valence-electron chi connectivity index (χ3n) is 10.7. The third-order valence-corrected chi connectivity index (χ3v) is 11.9. The normalized spacial score (nSPS) is 22.5. The summed E-state index contributed by atoms with van der Waals surface area (Å²) < 4.78 is 12.1. The van der Waals surface area contributed by atoms with E-state index in [-0.39, 0.29) is 29.8 Å². The largest absolute Gasteiger partial charge is 0.455 e. The lowest BCUT2D eigenvalue weighted by Gasteiger charge is -2.36. The molecule has 0 radical (unpaired) electrons. The number of hydrogen-bond acceptors (Lipinski definition) is 9. The Labute approximate surface area is 352 Å². The summed E-state index contributed by atoms with van der Waals surface area (Å²) in [4.78, 5) is 61.9. The lowest BCUT2D eigenvalue weighted by atomic mass is 9.89. The molecule has 12 heteroatoms. The molecule has 59 heavy (non-hydrogen) atoms. The second kappa shape index (κ2) is 18.9. The summed E-state index contributed by atoms with van der Waals surface area (Å²) in [6, 6.07) is 25.1. The zero-order chi connectivity index (χ0) is 42.3. The zero-order valence-electron chi connectivity index (χ0n) is 35.1. The monoisotopic (exact) mass is 819 g/mol. The maximum atomic E-state index is 14.4. The summed E-state index contributed by atoms with van der Waals surface area (Å²) in [5.74, 6) is -2.14. The van der Waals surface area contributed by atoms with Crippen molar-refractivity contribution in [1.82, 2.24) is 26.1 Å². The summed E-state index contributed by atoms with van der Waals surface area (Å²) in [6.45, 7) is 13.8. The molecule has 2 aliphatic rings. The van der Waals surface area contributed by atoms with Gasteiger partial charge in [0.05, 0.1) is 29.8 Å². The third kappa shape index (κ3) is 11.4. The Bertz CT molecular complexity index is 2170. The highest BCUT2D eigenvalue weighted by Gasteiger charge is 2.37. The van der Waals surface area contributed by atoms with Crippen molar-refractivity contribution in [2.24, 2.45) is 11.3 Å². The van der Waals surface area contributed by atoms with Crippen LogP contribution in [0.5, 0.6) is 0 Å². The fraction of sp³-hybridized carbons (Fsp3) is 0.426. The number of carbonyl (C=O) groups excluding carboxylic acids is 4. The molecular formula is C47H57N5O6S. The quantitative estimate of drug-likeness (QED) is 0.117. The summed E-state index contributed by atoms with van der Waals surface area (Å²) >= 11 is 1.81. The van der Waals surface area contributed by atoms with Crippen LogP contribution >= 0.6 is 11.8 Å². The average molecular weight is 820 g/mol. The van der Waals surface area contributed by atoms with Gasteiger partial charge in [-0.25, -0.2) is 10.4 Å². The summed E-state index contributed by atoms with van der Waals surface area (Å²) in [5.41, 5.74) is 6.32. The number of nitrogens with zero attached hydrogens (tertiary/aromatic N) is 2. The van der Waals surface area contributed by atoms with Crippen LogP contribution in [0.3, 0.4) is 0 Å². The molecule has 1 fully saturated rings. The number of amides is 3. The molecule has 4 atom stereocenters. The van der Waals surface area contributed by atoms with Gasteiger partial charge in [-0.3, -0.25) is 24.2 Å².